The normalized spacial score (nSPS) is 27.0. The van der Waals surface area contributed by atoms with Crippen molar-refractivity contribution in [2.75, 3.05) is 6.54 Å². The van der Waals surface area contributed by atoms with Gasteiger partial charge in [-0.3, -0.25) is 0 Å². The first-order valence-corrected chi connectivity index (χ1v) is 8.52. The average molecular weight is 171 g/mol. The Morgan fingerprint density at radius 2 is 2.00 bits per heavy atom. The largest absolute Gasteiger partial charge is 0.314 e. The molecule has 0 aliphatic carbocycles. The van der Waals surface area contributed by atoms with Crippen LogP contribution in [-0.2, 0) is 0 Å². The van der Waals surface area contributed by atoms with E-state index in [1.807, 2.05) is 0 Å². The molecule has 1 aliphatic heterocycles. The molecule has 1 heterocycles. The summed E-state index contributed by atoms with van der Waals surface area (Å²) in [6, 6.07) is 2.32. The van der Waals surface area contributed by atoms with Gasteiger partial charge in [0.2, 0.25) is 0 Å². The molecule has 1 fully saturated rings. The van der Waals surface area contributed by atoms with Crippen LogP contribution in [0.25, 0.3) is 0 Å². The highest BCUT2D eigenvalue weighted by atomic mass is 28.3. The van der Waals surface area contributed by atoms with E-state index in [0.29, 0.717) is 0 Å². The minimum absolute atomic E-state index is 0.807. The number of hydrogen-bond acceptors (Lipinski definition) is 1. The summed E-state index contributed by atoms with van der Waals surface area (Å²) < 4.78 is 0. The van der Waals surface area contributed by atoms with Crippen LogP contribution in [0, 0.1) is 0 Å². The van der Waals surface area contributed by atoms with E-state index < -0.39 is 8.07 Å². The minimum atomic E-state index is -0.807. The second kappa shape index (κ2) is 3.72. The first-order valence-electron chi connectivity index (χ1n) is 4.81. The molecule has 1 rings (SSSR count). The first kappa shape index (κ1) is 9.27. The van der Waals surface area contributed by atoms with E-state index in [1.165, 1.54) is 31.9 Å². The molecule has 0 bridgehead atoms. The molecule has 0 radical (unpaired) electrons. The van der Waals surface area contributed by atoms with E-state index in [1.54, 1.807) is 0 Å². The molecule has 1 saturated heterocycles. The summed E-state index contributed by atoms with van der Waals surface area (Å²) >= 11 is 0. The Hall–Kier alpha value is 0.177. The van der Waals surface area contributed by atoms with Crippen LogP contribution in [0.3, 0.4) is 0 Å². The maximum atomic E-state index is 3.61. The van der Waals surface area contributed by atoms with Crippen LogP contribution in [0.1, 0.15) is 19.3 Å². The quantitative estimate of drug-likeness (QED) is 0.629. The minimum Gasteiger partial charge on any atom is -0.314 e. The predicted octanol–water partition coefficient (Wildman–Crippen LogP) is 2.47. The zero-order chi connectivity index (χ0) is 8.32. The lowest BCUT2D eigenvalue weighted by Gasteiger charge is -2.28. The molecule has 1 aliphatic rings. The molecule has 0 spiro atoms. The molecule has 0 amide bonds. The predicted molar refractivity (Wildman–Crippen MR) is 53.8 cm³/mol. The van der Waals surface area contributed by atoms with Crippen LogP contribution in [0.2, 0.25) is 25.7 Å². The summed E-state index contributed by atoms with van der Waals surface area (Å²) in [4.78, 5) is 0. The van der Waals surface area contributed by atoms with Gasteiger partial charge in [-0.05, 0) is 25.4 Å². The van der Waals surface area contributed by atoms with Gasteiger partial charge in [-0.1, -0.05) is 26.1 Å². The van der Waals surface area contributed by atoms with E-state index in [4.69, 9.17) is 0 Å². The smallest absolute Gasteiger partial charge is 0.0458 e. The van der Waals surface area contributed by atoms with Crippen LogP contribution in [0.15, 0.2) is 0 Å². The fraction of sp³-hybridized carbons (Fsp3) is 1.00. The molecule has 11 heavy (non-hydrogen) atoms. The van der Waals surface area contributed by atoms with Crippen LogP contribution >= 0.6 is 0 Å². The molecular formula is C9H21NSi. The van der Waals surface area contributed by atoms with Crippen molar-refractivity contribution >= 4 is 8.07 Å². The maximum Gasteiger partial charge on any atom is 0.0458 e. The molecule has 66 valence electrons. The Morgan fingerprint density at radius 1 is 1.27 bits per heavy atom. The second-order valence-corrected chi connectivity index (χ2v) is 10.4. The Balaban J connectivity index is 2.24. The summed E-state index contributed by atoms with van der Waals surface area (Å²) in [5, 5.41) is 3.61. The standard InChI is InChI=1S/C9H21NSi/c1-11(2,3)8-9-6-4-5-7-10-9/h9-10H,4-8H2,1-3H3. The van der Waals surface area contributed by atoms with Crippen LogP contribution in [0.4, 0.5) is 0 Å². The van der Waals surface area contributed by atoms with E-state index in [-0.39, 0.29) is 0 Å². The van der Waals surface area contributed by atoms with Crippen molar-refractivity contribution in [3.8, 4) is 0 Å². The van der Waals surface area contributed by atoms with Crippen molar-refractivity contribution in [1.29, 1.82) is 0 Å². The summed E-state index contributed by atoms with van der Waals surface area (Å²) in [6.07, 6.45) is 4.26. The van der Waals surface area contributed by atoms with Gasteiger partial charge in [-0.25, -0.2) is 0 Å². The fourth-order valence-corrected chi connectivity index (χ4v) is 3.66. The topological polar surface area (TPSA) is 12.0 Å². The van der Waals surface area contributed by atoms with Crippen molar-refractivity contribution in [2.24, 2.45) is 0 Å². The molecule has 2 heteroatoms. The van der Waals surface area contributed by atoms with Gasteiger partial charge >= 0.3 is 0 Å². The van der Waals surface area contributed by atoms with Gasteiger partial charge in [0.1, 0.15) is 0 Å². The summed E-state index contributed by atoms with van der Waals surface area (Å²) in [5.41, 5.74) is 0. The van der Waals surface area contributed by atoms with Crippen LogP contribution in [0.5, 0.6) is 0 Å². The van der Waals surface area contributed by atoms with Gasteiger partial charge in [-0.15, -0.1) is 0 Å². The highest BCUT2D eigenvalue weighted by molar-refractivity contribution is 6.76. The van der Waals surface area contributed by atoms with Crippen LogP contribution in [-0.4, -0.2) is 20.7 Å². The third-order valence-electron chi connectivity index (χ3n) is 2.27. The van der Waals surface area contributed by atoms with Gasteiger partial charge in [0.05, 0.1) is 0 Å². The Kier molecular flexibility index (Phi) is 3.13. The number of rotatable bonds is 2. The Labute approximate surface area is 71.6 Å². The third kappa shape index (κ3) is 3.92. The summed E-state index contributed by atoms with van der Waals surface area (Å²) in [6.45, 7) is 8.64. The fourth-order valence-electron chi connectivity index (χ4n) is 1.84. The van der Waals surface area contributed by atoms with Crippen molar-refractivity contribution in [1.82, 2.24) is 5.32 Å². The zero-order valence-corrected chi connectivity index (χ0v) is 9.11. The highest BCUT2D eigenvalue weighted by Gasteiger charge is 2.21. The first-order chi connectivity index (χ1) is 5.08. The van der Waals surface area contributed by atoms with Crippen molar-refractivity contribution in [3.05, 3.63) is 0 Å². The lowest BCUT2D eigenvalue weighted by atomic mass is 10.1. The maximum absolute atomic E-state index is 3.61. The van der Waals surface area contributed by atoms with E-state index in [0.717, 1.165) is 6.04 Å². The lowest BCUT2D eigenvalue weighted by Crippen LogP contribution is -2.39. The van der Waals surface area contributed by atoms with Crippen molar-refractivity contribution in [3.63, 3.8) is 0 Å². The van der Waals surface area contributed by atoms with E-state index in [2.05, 4.69) is 25.0 Å². The molecule has 1 unspecified atom stereocenters. The molecule has 0 aromatic heterocycles. The summed E-state index contributed by atoms with van der Waals surface area (Å²) in [5.74, 6) is 0. The number of nitrogens with one attached hydrogen (secondary N) is 1. The molecule has 0 aromatic rings. The monoisotopic (exact) mass is 171 g/mol. The molecule has 1 nitrogen and oxygen atoms in total. The lowest BCUT2D eigenvalue weighted by molar-refractivity contribution is 0.422. The zero-order valence-electron chi connectivity index (χ0n) is 8.11. The van der Waals surface area contributed by atoms with Crippen molar-refractivity contribution < 1.29 is 0 Å². The van der Waals surface area contributed by atoms with Crippen LogP contribution < -0.4 is 5.32 Å². The van der Waals surface area contributed by atoms with Gasteiger partial charge in [-0.2, -0.15) is 0 Å². The van der Waals surface area contributed by atoms with E-state index >= 15 is 0 Å². The summed E-state index contributed by atoms with van der Waals surface area (Å²) in [7, 11) is -0.807. The molecule has 0 aromatic carbocycles. The average Bonchev–Trinajstić information content (AvgIpc) is 1.85. The SMILES string of the molecule is C[Si](C)(C)CC1CCCCN1. The van der Waals surface area contributed by atoms with E-state index in [9.17, 15) is 0 Å². The van der Waals surface area contributed by atoms with Gasteiger partial charge in [0.25, 0.3) is 0 Å². The number of piperidine rings is 1. The molecular weight excluding hydrogens is 150 g/mol. The van der Waals surface area contributed by atoms with Gasteiger partial charge < -0.3 is 5.32 Å². The van der Waals surface area contributed by atoms with Gasteiger partial charge in [0, 0.05) is 14.1 Å². The van der Waals surface area contributed by atoms with Crippen molar-refractivity contribution in [2.45, 2.75) is 51.0 Å². The Bertz CT molecular complexity index is 111. The Morgan fingerprint density at radius 3 is 2.45 bits per heavy atom. The third-order valence-corrected chi connectivity index (χ3v) is 3.99. The number of hydrogen-bond donors (Lipinski definition) is 1. The highest BCUT2D eigenvalue weighted by Crippen LogP contribution is 2.18. The molecule has 0 saturated carbocycles. The van der Waals surface area contributed by atoms with Gasteiger partial charge in [0.15, 0.2) is 0 Å². The second-order valence-electron chi connectivity index (χ2n) is 4.91. The molecule has 1 atom stereocenters. The molecule has 1 N–H and O–H groups in total.